The van der Waals surface area contributed by atoms with E-state index in [2.05, 4.69) is 65.8 Å². The summed E-state index contributed by atoms with van der Waals surface area (Å²) in [5, 5.41) is 11.9. The molecule has 0 saturated carbocycles. The third kappa shape index (κ3) is 2.63. The summed E-state index contributed by atoms with van der Waals surface area (Å²) in [5.74, 6) is 0. The standard InChI is InChI=1S/C22H14N6S/c1-2-20(29-7-1)15-5-6-25-22-16(15)9-19(26-22)21-17-8-13(3-4-18(17)27-28-21)14-10-23-12-24-11-14/h1-12H,(H,25,26)(H,27,28). The van der Waals surface area contributed by atoms with E-state index < -0.39 is 0 Å². The molecular formula is C22H14N6S. The number of thiophene rings is 1. The lowest BCUT2D eigenvalue weighted by atomic mass is 10.0. The Bertz CT molecular complexity index is 1450. The van der Waals surface area contributed by atoms with Crippen LogP contribution in [0.3, 0.4) is 0 Å². The first kappa shape index (κ1) is 16.1. The number of H-pyrrole nitrogens is 2. The van der Waals surface area contributed by atoms with Crippen LogP contribution in [0.15, 0.2) is 72.8 Å². The normalized spacial score (nSPS) is 11.4. The van der Waals surface area contributed by atoms with Crippen LogP contribution >= 0.6 is 11.3 Å². The van der Waals surface area contributed by atoms with Crippen molar-refractivity contribution in [2.75, 3.05) is 0 Å². The van der Waals surface area contributed by atoms with E-state index in [1.54, 1.807) is 11.3 Å². The number of benzene rings is 1. The van der Waals surface area contributed by atoms with Crippen LogP contribution in [0, 0.1) is 0 Å². The summed E-state index contributed by atoms with van der Waals surface area (Å²) in [6.07, 6.45) is 7.00. The summed E-state index contributed by atoms with van der Waals surface area (Å²) in [6, 6.07) is 14.6. The molecule has 0 unspecified atom stereocenters. The van der Waals surface area contributed by atoms with Gasteiger partial charge in [0.05, 0.1) is 11.2 Å². The highest BCUT2D eigenvalue weighted by Crippen LogP contribution is 2.35. The summed E-state index contributed by atoms with van der Waals surface area (Å²) in [5.41, 5.74) is 6.84. The predicted octanol–water partition coefficient (Wildman–Crippen LogP) is 5.29. The number of pyridine rings is 1. The lowest BCUT2D eigenvalue weighted by molar-refractivity contribution is 1.12. The molecule has 0 bridgehead atoms. The second-order valence-corrected chi connectivity index (χ2v) is 7.69. The van der Waals surface area contributed by atoms with Gasteiger partial charge in [0.25, 0.3) is 0 Å². The first-order valence-corrected chi connectivity index (χ1v) is 10.0. The number of hydrogen-bond donors (Lipinski definition) is 2. The lowest BCUT2D eigenvalue weighted by Gasteiger charge is -2.01. The summed E-state index contributed by atoms with van der Waals surface area (Å²) in [7, 11) is 0. The molecule has 6 aromatic rings. The quantitative estimate of drug-likeness (QED) is 0.427. The maximum atomic E-state index is 4.58. The van der Waals surface area contributed by atoms with Crippen LogP contribution < -0.4 is 0 Å². The SMILES string of the molecule is c1csc(-c2ccnc3[nH]c(-c4n[nH]c5ccc(-c6cncnc6)cc45)cc23)c1. The minimum atomic E-state index is 0.856. The Balaban J connectivity index is 1.53. The van der Waals surface area contributed by atoms with Crippen molar-refractivity contribution < 1.29 is 0 Å². The average Bonchev–Trinajstić information content (AvgIpc) is 3.52. The molecule has 0 amide bonds. The molecule has 0 aliphatic heterocycles. The van der Waals surface area contributed by atoms with Crippen LogP contribution in [0.5, 0.6) is 0 Å². The zero-order chi connectivity index (χ0) is 19.2. The Morgan fingerprint density at radius 1 is 0.897 bits per heavy atom. The van der Waals surface area contributed by atoms with Crippen molar-refractivity contribution in [3.8, 4) is 33.0 Å². The minimum Gasteiger partial charge on any atom is -0.338 e. The third-order valence-corrected chi connectivity index (χ3v) is 5.93. The number of nitrogens with zero attached hydrogens (tertiary/aromatic N) is 4. The van der Waals surface area contributed by atoms with Crippen molar-refractivity contribution in [2.45, 2.75) is 0 Å². The van der Waals surface area contributed by atoms with Gasteiger partial charge in [-0.3, -0.25) is 5.10 Å². The largest absolute Gasteiger partial charge is 0.338 e. The molecule has 1 aromatic carbocycles. The van der Waals surface area contributed by atoms with E-state index in [9.17, 15) is 0 Å². The number of rotatable bonds is 3. The molecule has 0 aliphatic rings. The van der Waals surface area contributed by atoms with Gasteiger partial charge in [-0.2, -0.15) is 5.10 Å². The predicted molar refractivity (Wildman–Crippen MR) is 116 cm³/mol. The molecule has 138 valence electrons. The molecule has 5 aromatic heterocycles. The van der Waals surface area contributed by atoms with Crippen LogP contribution in [0.25, 0.3) is 54.9 Å². The fourth-order valence-electron chi connectivity index (χ4n) is 3.65. The number of aromatic amines is 2. The van der Waals surface area contributed by atoms with Gasteiger partial charge in [0.2, 0.25) is 0 Å². The van der Waals surface area contributed by atoms with Crippen molar-refractivity contribution in [3.63, 3.8) is 0 Å². The Morgan fingerprint density at radius 2 is 1.83 bits per heavy atom. The van der Waals surface area contributed by atoms with Gasteiger partial charge in [0, 0.05) is 45.4 Å². The first-order valence-electron chi connectivity index (χ1n) is 9.12. The smallest absolute Gasteiger partial charge is 0.138 e. The number of fused-ring (bicyclic) bond motifs is 2. The van der Waals surface area contributed by atoms with Crippen molar-refractivity contribution in [1.82, 2.24) is 30.1 Å². The highest BCUT2D eigenvalue weighted by Gasteiger charge is 2.15. The number of hydrogen-bond acceptors (Lipinski definition) is 5. The minimum absolute atomic E-state index is 0.856. The molecule has 29 heavy (non-hydrogen) atoms. The second kappa shape index (κ2) is 6.35. The van der Waals surface area contributed by atoms with Gasteiger partial charge in [-0.15, -0.1) is 11.3 Å². The maximum Gasteiger partial charge on any atom is 0.138 e. The third-order valence-electron chi connectivity index (χ3n) is 5.03. The highest BCUT2D eigenvalue weighted by atomic mass is 32.1. The van der Waals surface area contributed by atoms with Crippen LogP contribution in [0.1, 0.15) is 0 Å². The summed E-state index contributed by atoms with van der Waals surface area (Å²) in [4.78, 5) is 17.4. The second-order valence-electron chi connectivity index (χ2n) is 6.74. The van der Waals surface area contributed by atoms with Gasteiger partial charge < -0.3 is 4.98 Å². The Kier molecular flexibility index (Phi) is 3.54. The van der Waals surface area contributed by atoms with E-state index >= 15 is 0 Å². The zero-order valence-electron chi connectivity index (χ0n) is 15.1. The molecule has 7 heteroatoms. The molecule has 0 aliphatic carbocycles. The zero-order valence-corrected chi connectivity index (χ0v) is 15.9. The van der Waals surface area contributed by atoms with E-state index in [1.165, 1.54) is 16.8 Å². The van der Waals surface area contributed by atoms with Gasteiger partial charge in [0.15, 0.2) is 0 Å². The van der Waals surface area contributed by atoms with Crippen LogP contribution in [0.4, 0.5) is 0 Å². The Hall–Kier alpha value is -3.84. The monoisotopic (exact) mass is 394 g/mol. The molecule has 0 spiro atoms. The van der Waals surface area contributed by atoms with Gasteiger partial charge in [-0.25, -0.2) is 15.0 Å². The van der Waals surface area contributed by atoms with E-state index in [-0.39, 0.29) is 0 Å². The van der Waals surface area contributed by atoms with Crippen molar-refractivity contribution in [1.29, 1.82) is 0 Å². The molecule has 0 atom stereocenters. The van der Waals surface area contributed by atoms with Crippen molar-refractivity contribution >= 4 is 33.3 Å². The Morgan fingerprint density at radius 3 is 2.69 bits per heavy atom. The Labute approximate surface area is 169 Å². The van der Waals surface area contributed by atoms with Crippen LogP contribution in [-0.2, 0) is 0 Å². The molecule has 0 fully saturated rings. The van der Waals surface area contributed by atoms with E-state index in [0.29, 0.717) is 0 Å². The van der Waals surface area contributed by atoms with Crippen LogP contribution in [-0.4, -0.2) is 30.1 Å². The molecule has 6 rings (SSSR count). The first-order chi connectivity index (χ1) is 14.4. The number of nitrogens with one attached hydrogen (secondary N) is 2. The van der Waals surface area contributed by atoms with Crippen LogP contribution in [0.2, 0.25) is 0 Å². The summed E-state index contributed by atoms with van der Waals surface area (Å²) >= 11 is 1.72. The fourth-order valence-corrected chi connectivity index (χ4v) is 4.41. The van der Waals surface area contributed by atoms with E-state index in [4.69, 9.17) is 0 Å². The number of aromatic nitrogens is 6. The van der Waals surface area contributed by atoms with Gasteiger partial charge in [-0.1, -0.05) is 12.1 Å². The molecular weight excluding hydrogens is 380 g/mol. The average molecular weight is 394 g/mol. The lowest BCUT2D eigenvalue weighted by Crippen LogP contribution is -1.83. The summed E-state index contributed by atoms with van der Waals surface area (Å²) < 4.78 is 0. The molecule has 2 N–H and O–H groups in total. The molecule has 5 heterocycles. The maximum absolute atomic E-state index is 4.58. The molecule has 0 saturated heterocycles. The molecule has 6 nitrogen and oxygen atoms in total. The molecule has 0 radical (unpaired) electrons. The van der Waals surface area contributed by atoms with E-state index in [1.807, 2.05) is 30.7 Å². The highest BCUT2D eigenvalue weighted by molar-refractivity contribution is 7.13. The van der Waals surface area contributed by atoms with E-state index in [0.717, 1.165) is 44.5 Å². The van der Waals surface area contributed by atoms with Gasteiger partial charge >= 0.3 is 0 Å². The fraction of sp³-hybridized carbons (Fsp3) is 0. The van der Waals surface area contributed by atoms with Gasteiger partial charge in [-0.05, 0) is 41.3 Å². The van der Waals surface area contributed by atoms with Crippen molar-refractivity contribution in [2.24, 2.45) is 0 Å². The van der Waals surface area contributed by atoms with Gasteiger partial charge in [0.1, 0.15) is 17.7 Å². The topological polar surface area (TPSA) is 83.1 Å². The van der Waals surface area contributed by atoms with Crippen molar-refractivity contribution in [3.05, 3.63) is 72.8 Å². The summed E-state index contributed by atoms with van der Waals surface area (Å²) in [6.45, 7) is 0.